The minimum absolute atomic E-state index is 0.858. The number of aliphatic hydroxyl groups is 13. The second-order valence-electron chi connectivity index (χ2n) is 18.6. The fourth-order valence-electron chi connectivity index (χ4n) is 9.22. The van der Waals surface area contributed by atoms with E-state index in [-0.39, 0.29) is 0 Å². The van der Waals surface area contributed by atoms with Gasteiger partial charge in [0.1, 0.15) is 116 Å². The Hall–Kier alpha value is -3.26. The highest BCUT2D eigenvalue weighted by atomic mass is 32.3. The zero-order chi connectivity index (χ0) is 59.4. The largest absolute Gasteiger partial charge is 0.477 e. The van der Waals surface area contributed by atoms with Gasteiger partial charge < -0.3 is 130 Å². The van der Waals surface area contributed by atoms with Crippen LogP contribution >= 0.6 is 0 Å². The Morgan fingerprint density at radius 3 is 1.44 bits per heavy atom. The number of hydrogen-bond acceptors (Lipinski definition) is 32. The minimum atomic E-state index is -5.49. The van der Waals surface area contributed by atoms with Gasteiger partial charge in [0.25, 0.3) is 5.79 Å². The van der Waals surface area contributed by atoms with Crippen molar-refractivity contribution >= 4 is 44.5 Å². The molecule has 79 heavy (non-hydrogen) atoms. The van der Waals surface area contributed by atoms with E-state index < -0.39 is 243 Å². The predicted octanol–water partition coefficient (Wildman–Crippen LogP) is -12.6. The smallest absolute Gasteiger partial charge is 0.397 e. The van der Waals surface area contributed by atoms with Crippen LogP contribution in [-0.2, 0) is 91.0 Å². The average molecular weight is 1200 g/mol. The maximum Gasteiger partial charge on any atom is 0.397 e. The number of carboxylic acids is 1. The Balaban J connectivity index is 1.48. The molecule has 5 saturated heterocycles. The van der Waals surface area contributed by atoms with Crippen molar-refractivity contribution in [2.45, 2.75) is 186 Å². The molecule has 26 atom stereocenters. The van der Waals surface area contributed by atoms with E-state index in [1.165, 1.54) is 0 Å². The number of nitrogens with one attached hydrogen (secondary N) is 3. The average Bonchev–Trinajstić information content (AvgIpc) is 3.35. The summed E-state index contributed by atoms with van der Waals surface area (Å²) in [5, 5.41) is 159. The van der Waals surface area contributed by atoms with Gasteiger partial charge in [0.2, 0.25) is 17.7 Å². The van der Waals surface area contributed by atoms with Gasteiger partial charge in [-0.2, -0.15) is 16.8 Å². The first-order valence-electron chi connectivity index (χ1n) is 23.5. The number of aliphatic carboxylic acids is 1. The van der Waals surface area contributed by atoms with Crippen molar-refractivity contribution in [2.24, 2.45) is 0 Å². The van der Waals surface area contributed by atoms with Gasteiger partial charge in [-0.15, -0.1) is 0 Å². The molecule has 0 aliphatic carbocycles. The number of amides is 3. The zero-order valence-corrected chi connectivity index (χ0v) is 43.0. The molecule has 0 bridgehead atoms. The van der Waals surface area contributed by atoms with Crippen LogP contribution in [0.4, 0.5) is 0 Å². The van der Waals surface area contributed by atoms with Gasteiger partial charge in [-0.25, -0.2) is 13.2 Å². The summed E-state index contributed by atoms with van der Waals surface area (Å²) in [6, 6.07) is -5.57. The van der Waals surface area contributed by atoms with Crippen LogP contribution in [0.1, 0.15) is 27.2 Å². The molecule has 5 rings (SSSR count). The normalized spacial score (nSPS) is 42.1. The van der Waals surface area contributed by atoms with Gasteiger partial charge in [0.05, 0.1) is 45.2 Å². The Kier molecular flexibility index (Phi) is 23.1. The minimum Gasteiger partial charge on any atom is -0.477 e. The van der Waals surface area contributed by atoms with E-state index in [4.69, 9.17) is 42.6 Å². The van der Waals surface area contributed by atoms with E-state index in [1.807, 2.05) is 0 Å². The second kappa shape index (κ2) is 27.4. The summed E-state index contributed by atoms with van der Waals surface area (Å²) in [5.74, 6) is -8.20. The summed E-state index contributed by atoms with van der Waals surface area (Å²) in [7, 11) is -10.7. The molecule has 5 aliphatic heterocycles. The van der Waals surface area contributed by atoms with Crippen molar-refractivity contribution in [1.29, 1.82) is 0 Å². The molecule has 5 heterocycles. The first-order chi connectivity index (χ1) is 36.7. The third-order valence-corrected chi connectivity index (χ3v) is 13.8. The first kappa shape index (κ1) is 66.5. The predicted molar refractivity (Wildman–Crippen MR) is 239 cm³/mol. The second-order valence-corrected chi connectivity index (χ2v) is 20.8. The van der Waals surface area contributed by atoms with Crippen LogP contribution < -0.4 is 16.0 Å². The standard InChI is InChI=1S/C39H65N3O35S2/c1-10(46)40-19-13(49)4-39(38(59)60,76-31(19)22(51)14(50)5-43)77-33-24(53)16(7-45)71-37(28(33)57)74-30-18(9-68-79(64,65)66)72-35(21(26(30)55)42-12(3)48)75-32-23(52)15(6-44)70-36(27(32)56)73-29-17(8-67-78(61,62)63)69-34(58)20(25(29)54)41-11(2)47/h13-37,43-45,49-58H,4-9H2,1-3H3,(H,40,46)(H,41,47)(H,42,48)(H,59,60)(H,61,62,63)(H,64,65,66)/t13-,14+,15+,16+,17+,18+,19+,20+,21+,22+,23-,24-,25+,26+,27+,28+,29+,30+,31+,32-,33-,34?,35-,36-,37-,39-/m0/s1. The molecule has 0 saturated carbocycles. The molecule has 38 nitrogen and oxygen atoms in total. The number of carbonyl (C=O) groups is 4. The first-order valence-corrected chi connectivity index (χ1v) is 26.3. The number of aliphatic hydroxyl groups excluding tert-OH is 13. The lowest BCUT2D eigenvalue weighted by atomic mass is 9.88. The van der Waals surface area contributed by atoms with Gasteiger partial charge in [-0.05, 0) is 0 Å². The summed E-state index contributed by atoms with van der Waals surface area (Å²) in [4.78, 5) is 49.7. The van der Waals surface area contributed by atoms with Gasteiger partial charge in [0, 0.05) is 27.2 Å². The van der Waals surface area contributed by atoms with Crippen molar-refractivity contribution in [3.8, 4) is 0 Å². The summed E-state index contributed by atoms with van der Waals surface area (Å²) < 4.78 is 125. The Bertz CT molecular complexity index is 2290. The van der Waals surface area contributed by atoms with E-state index in [0.717, 1.165) is 20.8 Å². The van der Waals surface area contributed by atoms with E-state index in [0.29, 0.717) is 0 Å². The molecule has 40 heteroatoms. The van der Waals surface area contributed by atoms with Crippen LogP contribution in [0.15, 0.2) is 0 Å². The lowest BCUT2D eigenvalue weighted by molar-refractivity contribution is -0.389. The molecule has 0 aromatic heterocycles. The molecule has 0 radical (unpaired) electrons. The van der Waals surface area contributed by atoms with E-state index in [1.54, 1.807) is 0 Å². The monoisotopic (exact) mass is 1200 g/mol. The molecule has 19 N–H and O–H groups in total. The summed E-state index contributed by atoms with van der Waals surface area (Å²) in [5.41, 5.74) is 0. The Morgan fingerprint density at radius 1 is 0.570 bits per heavy atom. The third kappa shape index (κ3) is 16.3. The van der Waals surface area contributed by atoms with E-state index >= 15 is 0 Å². The van der Waals surface area contributed by atoms with Crippen molar-refractivity contribution in [3.05, 3.63) is 0 Å². The van der Waals surface area contributed by atoms with Crippen LogP contribution in [0.5, 0.6) is 0 Å². The molecule has 5 fully saturated rings. The molecule has 0 spiro atoms. The SMILES string of the molecule is CC(=O)N[C@H]1[C@H](O[C@H]2[C@@H](O)[C@@H](CO)O[C@@H](O[C@H]3[C@H](O)[C@@H](NC(C)=O)C(O)O[C@@H]3COS(=O)(=O)O)[C@@H]2O)O[C@H](COS(=O)(=O)O)[C@@H](O[C@@H]2O[C@H](CO)[C@H](O)[C@H](O[C@]3(C(=O)O)C[C@H](O)[C@@H](NC(C)=O)[C@H]([C@H](O)[C@H](O)CO)O3)[C@H]2O)[C@@H]1O. The highest BCUT2D eigenvalue weighted by Crippen LogP contribution is 2.39. The number of carboxylic acid groups (broad SMARTS) is 1. The molecule has 5 aliphatic rings. The maximum atomic E-state index is 13.0. The molecule has 1 unspecified atom stereocenters. The molecule has 0 aromatic carbocycles. The number of ether oxygens (including phenoxy) is 9. The fourth-order valence-corrected chi connectivity index (χ4v) is 9.84. The van der Waals surface area contributed by atoms with Crippen LogP contribution in [0.2, 0.25) is 0 Å². The molecule has 458 valence electrons. The highest BCUT2D eigenvalue weighted by Gasteiger charge is 2.61. The van der Waals surface area contributed by atoms with E-state index in [9.17, 15) is 117 Å². The lowest BCUT2D eigenvalue weighted by Gasteiger charge is -2.51. The van der Waals surface area contributed by atoms with Crippen LogP contribution in [-0.4, -0.2) is 313 Å². The Labute approximate surface area is 446 Å². The van der Waals surface area contributed by atoms with Crippen molar-refractivity contribution < 1.29 is 168 Å². The molecule has 0 aromatic rings. The summed E-state index contributed by atoms with van der Waals surface area (Å²) in [6.07, 6.45) is -50.0. The molecular formula is C39H65N3O35S2. The molecular weight excluding hydrogens is 1130 g/mol. The van der Waals surface area contributed by atoms with Crippen molar-refractivity contribution in [3.63, 3.8) is 0 Å². The van der Waals surface area contributed by atoms with Crippen LogP contribution in [0.25, 0.3) is 0 Å². The number of carbonyl (C=O) groups excluding carboxylic acids is 3. The van der Waals surface area contributed by atoms with Gasteiger partial charge in [0.15, 0.2) is 25.2 Å². The van der Waals surface area contributed by atoms with Crippen molar-refractivity contribution in [1.82, 2.24) is 16.0 Å². The quantitative estimate of drug-likeness (QED) is 0.0423. The molecule has 3 amide bonds. The van der Waals surface area contributed by atoms with Crippen LogP contribution in [0.3, 0.4) is 0 Å². The summed E-state index contributed by atoms with van der Waals surface area (Å²) >= 11 is 0. The Morgan fingerprint density at radius 2 is 0.987 bits per heavy atom. The highest BCUT2D eigenvalue weighted by molar-refractivity contribution is 7.81. The third-order valence-electron chi connectivity index (χ3n) is 12.9. The van der Waals surface area contributed by atoms with Gasteiger partial charge in [-0.3, -0.25) is 23.5 Å². The lowest BCUT2D eigenvalue weighted by Crippen LogP contribution is -2.71. The van der Waals surface area contributed by atoms with Crippen LogP contribution in [0, 0.1) is 0 Å². The van der Waals surface area contributed by atoms with E-state index in [2.05, 4.69) is 24.3 Å². The summed E-state index contributed by atoms with van der Waals surface area (Å²) in [6.45, 7) is -3.46. The van der Waals surface area contributed by atoms with Crippen molar-refractivity contribution in [2.75, 3.05) is 33.0 Å². The zero-order valence-electron chi connectivity index (χ0n) is 41.4. The maximum absolute atomic E-state index is 13.0. The van der Waals surface area contributed by atoms with Gasteiger partial charge >= 0.3 is 26.8 Å². The number of hydrogen-bond donors (Lipinski definition) is 19. The number of rotatable bonds is 23. The topological polar surface area (TPSA) is 598 Å². The van der Waals surface area contributed by atoms with Gasteiger partial charge in [-0.1, -0.05) is 0 Å². The fraction of sp³-hybridized carbons (Fsp3) is 0.897.